The van der Waals surface area contributed by atoms with E-state index in [1.165, 1.54) is 48.1 Å². The van der Waals surface area contributed by atoms with Gasteiger partial charge in [-0.05, 0) is 5.39 Å². The molecular weight excluding hydrogens is 705 g/mol. The number of pyridine rings is 2. The SMILES string of the molecule is [2H]C([2H])(c1cc[n+]2c(c1)-c1c(ccc3c1oc1c3ccc3c4ccccc4c4ccccc4c31)C21c2ccccc2-c2cc[c]([Ge]([CH3])([CH3])[CH3])c[n+]21)C(C)(C)C. The average molecular weight is 750 g/mol. The fraction of sp³-hybridized carbons (Fsp3) is 0.184. The maximum atomic E-state index is 9.42. The molecule has 6 aromatic carbocycles. The Balaban J connectivity index is 1.32. The second-order valence-electron chi connectivity index (χ2n) is 17.1. The summed E-state index contributed by atoms with van der Waals surface area (Å²) in [5, 5.41) is 9.31. The second kappa shape index (κ2) is 10.5. The molecule has 2 aliphatic rings. The predicted molar refractivity (Wildman–Crippen MR) is 222 cm³/mol. The Kier molecular flexibility index (Phi) is 5.76. The molecule has 0 fully saturated rings. The summed E-state index contributed by atoms with van der Waals surface area (Å²) in [6.07, 6.45) is 2.99. The van der Waals surface area contributed by atoms with E-state index >= 15 is 0 Å². The van der Waals surface area contributed by atoms with Gasteiger partial charge < -0.3 is 0 Å². The molecule has 53 heavy (non-hydrogen) atoms. The summed E-state index contributed by atoms with van der Waals surface area (Å²) in [7, 11) is 0. The summed E-state index contributed by atoms with van der Waals surface area (Å²) in [6, 6.07) is 44.1. The maximum absolute atomic E-state index is 9.42. The van der Waals surface area contributed by atoms with Crippen molar-refractivity contribution in [3.8, 4) is 22.5 Å². The van der Waals surface area contributed by atoms with Gasteiger partial charge >= 0.3 is 269 Å². The number of benzene rings is 6. The molecule has 4 heteroatoms. The normalized spacial score (nSPS) is 17.1. The van der Waals surface area contributed by atoms with Crippen molar-refractivity contribution in [2.75, 3.05) is 0 Å². The van der Waals surface area contributed by atoms with E-state index < -0.39 is 30.7 Å². The van der Waals surface area contributed by atoms with Crippen molar-refractivity contribution in [1.82, 2.24) is 0 Å². The van der Waals surface area contributed by atoms with Crippen LogP contribution in [-0.2, 0) is 12.0 Å². The van der Waals surface area contributed by atoms with Crippen molar-refractivity contribution < 1.29 is 16.3 Å². The summed E-state index contributed by atoms with van der Waals surface area (Å²) >= 11 is -2.29. The minimum absolute atomic E-state index is 0.617. The summed E-state index contributed by atoms with van der Waals surface area (Å²) in [4.78, 5) is 0. The van der Waals surface area contributed by atoms with E-state index in [1.54, 1.807) is 0 Å². The van der Waals surface area contributed by atoms with Crippen LogP contribution in [-0.4, -0.2) is 13.3 Å². The van der Waals surface area contributed by atoms with Crippen LogP contribution in [0.5, 0.6) is 0 Å². The van der Waals surface area contributed by atoms with Gasteiger partial charge in [0.05, 0.1) is 0 Å². The van der Waals surface area contributed by atoms with Crippen molar-refractivity contribution in [3.63, 3.8) is 0 Å². The Morgan fingerprint density at radius 1 is 0.623 bits per heavy atom. The van der Waals surface area contributed by atoms with Gasteiger partial charge in [-0.1, -0.05) is 42.5 Å². The topological polar surface area (TPSA) is 20.9 Å². The van der Waals surface area contributed by atoms with E-state index in [1.807, 2.05) is 26.8 Å². The molecule has 0 aliphatic carbocycles. The number of nitrogens with zero attached hydrogens (tertiary/aromatic N) is 2. The zero-order valence-corrected chi connectivity index (χ0v) is 33.1. The third-order valence-electron chi connectivity index (χ3n) is 11.7. The summed E-state index contributed by atoms with van der Waals surface area (Å²) in [5.74, 6) is 7.37. The van der Waals surface area contributed by atoms with E-state index in [2.05, 4.69) is 154 Å². The molecule has 1 spiro atoms. The molecule has 3 nitrogen and oxygen atoms in total. The molecule has 2 aliphatic heterocycles. The zero-order chi connectivity index (χ0) is 37.8. The molecule has 0 saturated carbocycles. The van der Waals surface area contributed by atoms with E-state index in [0.29, 0.717) is 5.56 Å². The fourth-order valence-corrected chi connectivity index (χ4v) is 11.8. The first-order chi connectivity index (χ1) is 26.3. The van der Waals surface area contributed by atoms with Gasteiger partial charge in [0.15, 0.2) is 0 Å². The Hall–Kier alpha value is -5.26. The van der Waals surface area contributed by atoms with Crippen LogP contribution in [0.25, 0.3) is 76.8 Å². The fourth-order valence-electron chi connectivity index (χ4n) is 9.54. The van der Waals surface area contributed by atoms with Crippen molar-refractivity contribution in [2.24, 2.45) is 5.41 Å². The molecule has 9 aromatic rings. The van der Waals surface area contributed by atoms with Crippen LogP contribution in [0.1, 0.15) is 40.2 Å². The molecule has 0 radical (unpaired) electrons. The molecule has 0 N–H and O–H groups in total. The van der Waals surface area contributed by atoms with Crippen LogP contribution >= 0.6 is 0 Å². The molecule has 256 valence electrons. The van der Waals surface area contributed by atoms with Gasteiger partial charge in [0, 0.05) is 0 Å². The van der Waals surface area contributed by atoms with Crippen molar-refractivity contribution in [3.05, 3.63) is 150 Å². The van der Waals surface area contributed by atoms with Gasteiger partial charge in [-0.25, -0.2) is 0 Å². The Labute approximate surface area is 315 Å². The second-order valence-corrected chi connectivity index (χ2v) is 27.8. The standard InChI is InChI=1S/C49H42GeN2O/c1-48(2,3)28-30-25-26-51-43(27-30)45-41(49(51)40-18-12-11-17-39(40)42-24-19-31(29-52(42)49)50(4,5)6)23-22-38-37-21-20-36-34-15-8-7-13-32(34)33-14-9-10-16-35(33)44(36)46(37)53-47(38)45/h7-27,29H,28H2,1-6H3/q+2/i28D2. The molecule has 1 unspecified atom stereocenters. The Bertz CT molecular complexity index is 3130. The molecular formula is C49H42GeN2O+2. The van der Waals surface area contributed by atoms with Crippen molar-refractivity contribution in [1.29, 1.82) is 0 Å². The van der Waals surface area contributed by atoms with Gasteiger partial charge in [0.2, 0.25) is 0 Å². The van der Waals surface area contributed by atoms with Gasteiger partial charge in [0.1, 0.15) is 0 Å². The predicted octanol–water partition coefficient (Wildman–Crippen LogP) is 11.0. The average Bonchev–Trinajstić information content (AvgIpc) is 3.80. The van der Waals surface area contributed by atoms with Crippen LogP contribution in [0.15, 0.2) is 138 Å². The first-order valence-electron chi connectivity index (χ1n) is 19.8. The number of furan rings is 1. The minimum atomic E-state index is -2.29. The zero-order valence-electron chi connectivity index (χ0n) is 33.0. The third-order valence-corrected chi connectivity index (χ3v) is 16.0. The van der Waals surface area contributed by atoms with E-state index in [9.17, 15) is 2.74 Å². The van der Waals surface area contributed by atoms with Crippen LogP contribution in [0.3, 0.4) is 0 Å². The molecule has 11 rings (SSSR count). The quantitative estimate of drug-likeness (QED) is 0.0980. The Morgan fingerprint density at radius 3 is 1.98 bits per heavy atom. The summed E-state index contributed by atoms with van der Waals surface area (Å²) in [6.45, 7) is 5.95. The summed E-state index contributed by atoms with van der Waals surface area (Å²) < 4.78 is 32.5. The molecule has 3 aromatic heterocycles. The molecule has 0 saturated heterocycles. The van der Waals surface area contributed by atoms with Crippen molar-refractivity contribution in [2.45, 2.75) is 50.1 Å². The first kappa shape index (κ1) is 29.2. The molecule has 5 heterocycles. The van der Waals surface area contributed by atoms with Crippen LogP contribution in [0, 0.1) is 5.41 Å². The number of hydrogen-bond acceptors (Lipinski definition) is 1. The number of hydrogen-bond donors (Lipinski definition) is 0. The number of aromatic nitrogens is 2. The Morgan fingerprint density at radius 2 is 1.25 bits per heavy atom. The van der Waals surface area contributed by atoms with Crippen LogP contribution < -0.4 is 13.5 Å². The number of fused-ring (bicyclic) bond motifs is 21. The van der Waals surface area contributed by atoms with Gasteiger partial charge in [-0.3, -0.25) is 0 Å². The van der Waals surface area contributed by atoms with Gasteiger partial charge in [0.25, 0.3) is 0 Å². The van der Waals surface area contributed by atoms with E-state index in [-0.39, 0.29) is 0 Å². The third kappa shape index (κ3) is 4.12. The monoisotopic (exact) mass is 750 g/mol. The summed E-state index contributed by atoms with van der Waals surface area (Å²) in [5.41, 5.74) is 7.78. The molecule has 0 amide bonds. The van der Waals surface area contributed by atoms with Crippen LogP contribution in [0.2, 0.25) is 17.3 Å². The van der Waals surface area contributed by atoms with Gasteiger partial charge in [-0.15, -0.1) is 0 Å². The van der Waals surface area contributed by atoms with Gasteiger partial charge in [-0.2, -0.15) is 0 Å². The number of rotatable bonds is 2. The van der Waals surface area contributed by atoms with Crippen LogP contribution in [0.4, 0.5) is 0 Å². The van der Waals surface area contributed by atoms with E-state index in [4.69, 9.17) is 4.42 Å². The van der Waals surface area contributed by atoms with Crippen molar-refractivity contribution >= 4 is 71.9 Å². The first-order valence-corrected chi connectivity index (χ1v) is 26.1. The van der Waals surface area contributed by atoms with E-state index in [0.717, 1.165) is 44.1 Å². The molecule has 1 atom stereocenters. The molecule has 0 bridgehead atoms.